The van der Waals surface area contributed by atoms with Crippen molar-refractivity contribution in [3.05, 3.63) is 71.8 Å². The lowest BCUT2D eigenvalue weighted by atomic mass is 9.91. The second-order valence-electron chi connectivity index (χ2n) is 7.40. The van der Waals surface area contributed by atoms with E-state index in [1.807, 2.05) is 60.7 Å². The molecule has 2 aromatic carbocycles. The normalized spacial score (nSPS) is 17.0. The first-order valence-corrected chi connectivity index (χ1v) is 9.63. The van der Waals surface area contributed by atoms with Crippen LogP contribution < -0.4 is 11.1 Å². The second-order valence-corrected chi connectivity index (χ2v) is 7.40. The number of rotatable bonds is 6. The Kier molecular flexibility index (Phi) is 6.44. The number of carbonyl (C=O) groups excluding carboxylic acids is 2. The van der Waals surface area contributed by atoms with Crippen molar-refractivity contribution in [2.45, 2.75) is 19.0 Å². The van der Waals surface area contributed by atoms with Gasteiger partial charge in [-0.1, -0.05) is 60.7 Å². The number of nitrogens with one attached hydrogen (secondary N) is 1. The Labute approximate surface area is 166 Å². The second kappa shape index (κ2) is 8.99. The average molecular weight is 380 g/mol. The van der Waals surface area contributed by atoms with Crippen LogP contribution in [0.1, 0.15) is 18.1 Å². The van der Waals surface area contributed by atoms with Gasteiger partial charge in [-0.3, -0.25) is 14.5 Å². The first-order valence-electron chi connectivity index (χ1n) is 9.63. The lowest BCUT2D eigenvalue weighted by molar-refractivity contribution is -0.138. The van der Waals surface area contributed by atoms with Gasteiger partial charge in [-0.05, 0) is 18.1 Å². The summed E-state index contributed by atoms with van der Waals surface area (Å²) in [6.07, 6.45) is 0. The van der Waals surface area contributed by atoms with Gasteiger partial charge in [0.25, 0.3) is 0 Å². The van der Waals surface area contributed by atoms with Crippen LogP contribution in [-0.2, 0) is 21.7 Å². The minimum atomic E-state index is -1.05. The number of carbonyl (C=O) groups is 2. The fourth-order valence-electron chi connectivity index (χ4n) is 3.40. The van der Waals surface area contributed by atoms with Crippen molar-refractivity contribution >= 4 is 11.8 Å². The van der Waals surface area contributed by atoms with Crippen molar-refractivity contribution in [3.8, 4) is 0 Å². The van der Waals surface area contributed by atoms with Gasteiger partial charge < -0.3 is 16.0 Å². The highest BCUT2D eigenvalue weighted by Gasteiger charge is 2.35. The molecular weight excluding hydrogens is 352 g/mol. The van der Waals surface area contributed by atoms with Crippen LogP contribution in [0, 0.1) is 0 Å². The molecule has 1 unspecified atom stereocenters. The van der Waals surface area contributed by atoms with Crippen LogP contribution in [0.2, 0.25) is 0 Å². The van der Waals surface area contributed by atoms with E-state index in [4.69, 9.17) is 5.73 Å². The number of nitrogens with two attached hydrogens (primary N) is 1. The molecule has 3 N–H and O–H groups in total. The fraction of sp³-hybridized carbons (Fsp3) is 0.364. The zero-order valence-corrected chi connectivity index (χ0v) is 16.3. The molecular formula is C22H28N4O2. The molecule has 2 amide bonds. The summed E-state index contributed by atoms with van der Waals surface area (Å²) in [4.78, 5) is 29.0. The summed E-state index contributed by atoms with van der Waals surface area (Å²) in [6, 6.07) is 19.3. The first kappa shape index (κ1) is 20.0. The molecule has 2 aromatic rings. The quantitative estimate of drug-likeness (QED) is 0.792. The minimum absolute atomic E-state index is 0.00317. The zero-order valence-electron chi connectivity index (χ0n) is 16.3. The number of piperazine rings is 1. The third-order valence-electron chi connectivity index (χ3n) is 5.18. The maximum Gasteiger partial charge on any atom is 0.247 e. The predicted octanol–water partition coefficient (Wildman–Crippen LogP) is 1.32. The Morgan fingerprint density at radius 3 is 2.14 bits per heavy atom. The monoisotopic (exact) mass is 380 g/mol. The van der Waals surface area contributed by atoms with Crippen molar-refractivity contribution < 1.29 is 9.59 Å². The Hall–Kier alpha value is -2.70. The lowest BCUT2D eigenvalue weighted by Crippen LogP contribution is -2.57. The van der Waals surface area contributed by atoms with E-state index in [2.05, 4.69) is 10.2 Å². The highest BCUT2D eigenvalue weighted by atomic mass is 16.2. The van der Waals surface area contributed by atoms with E-state index in [0.717, 1.165) is 11.1 Å². The van der Waals surface area contributed by atoms with Gasteiger partial charge in [0.2, 0.25) is 11.8 Å². The van der Waals surface area contributed by atoms with Gasteiger partial charge >= 0.3 is 0 Å². The molecule has 1 saturated heterocycles. The molecule has 6 heteroatoms. The van der Waals surface area contributed by atoms with Gasteiger partial charge in [-0.15, -0.1) is 0 Å². The maximum atomic E-state index is 12.9. The Morgan fingerprint density at radius 2 is 1.54 bits per heavy atom. The molecule has 3 rings (SSSR count). The van der Waals surface area contributed by atoms with E-state index in [9.17, 15) is 9.59 Å². The summed E-state index contributed by atoms with van der Waals surface area (Å²) in [5.74, 6) is -0.0801. The molecule has 1 fully saturated rings. The van der Waals surface area contributed by atoms with Crippen molar-refractivity contribution in [3.63, 3.8) is 0 Å². The summed E-state index contributed by atoms with van der Waals surface area (Å²) in [7, 11) is 0. The standard InChI is InChI=1S/C22H28N4O2/c1-22(23,19-10-6-3-7-11-19)21(28)26-14-12-25(13-15-26)17-20(27)24-16-18-8-4-2-5-9-18/h2-11H,12-17,23H2,1H3,(H,24,27). The van der Waals surface area contributed by atoms with Crippen LogP contribution in [-0.4, -0.2) is 54.3 Å². The van der Waals surface area contributed by atoms with Crippen LogP contribution in [0.3, 0.4) is 0 Å². The van der Waals surface area contributed by atoms with Gasteiger partial charge in [0.05, 0.1) is 6.54 Å². The molecule has 1 aliphatic rings. The molecule has 28 heavy (non-hydrogen) atoms. The molecule has 148 valence electrons. The Morgan fingerprint density at radius 1 is 0.964 bits per heavy atom. The van der Waals surface area contributed by atoms with E-state index in [1.165, 1.54) is 0 Å². The zero-order chi connectivity index (χ0) is 20.0. The summed E-state index contributed by atoms with van der Waals surface area (Å²) in [5, 5.41) is 2.94. The molecule has 0 saturated carbocycles. The van der Waals surface area contributed by atoms with Gasteiger partial charge in [-0.25, -0.2) is 0 Å². The summed E-state index contributed by atoms with van der Waals surface area (Å²) in [6.45, 7) is 5.10. The van der Waals surface area contributed by atoms with Crippen LogP contribution in [0.4, 0.5) is 0 Å². The van der Waals surface area contributed by atoms with Gasteiger partial charge in [0.15, 0.2) is 0 Å². The number of hydrogen-bond donors (Lipinski definition) is 2. The molecule has 0 bridgehead atoms. The third kappa shape index (κ3) is 4.97. The largest absolute Gasteiger partial charge is 0.351 e. The van der Waals surface area contributed by atoms with Crippen LogP contribution in [0.5, 0.6) is 0 Å². The highest BCUT2D eigenvalue weighted by Crippen LogP contribution is 2.21. The molecule has 1 atom stereocenters. The summed E-state index contributed by atoms with van der Waals surface area (Å²) < 4.78 is 0. The van der Waals surface area contributed by atoms with E-state index in [1.54, 1.807) is 11.8 Å². The lowest BCUT2D eigenvalue weighted by Gasteiger charge is -2.38. The molecule has 0 spiro atoms. The number of nitrogens with zero attached hydrogens (tertiary/aromatic N) is 2. The van der Waals surface area contributed by atoms with E-state index in [0.29, 0.717) is 39.3 Å². The smallest absolute Gasteiger partial charge is 0.247 e. The molecule has 0 radical (unpaired) electrons. The van der Waals surface area contributed by atoms with E-state index in [-0.39, 0.29) is 11.8 Å². The number of hydrogen-bond acceptors (Lipinski definition) is 4. The molecule has 0 aromatic heterocycles. The van der Waals surface area contributed by atoms with Crippen LogP contribution in [0.15, 0.2) is 60.7 Å². The van der Waals surface area contributed by atoms with E-state index < -0.39 is 5.54 Å². The topological polar surface area (TPSA) is 78.7 Å². The van der Waals surface area contributed by atoms with Crippen molar-refractivity contribution in [1.29, 1.82) is 0 Å². The Bertz CT molecular complexity index is 785. The van der Waals surface area contributed by atoms with Gasteiger partial charge in [0, 0.05) is 32.7 Å². The average Bonchev–Trinajstić information content (AvgIpc) is 2.73. The molecule has 6 nitrogen and oxygen atoms in total. The number of amides is 2. The number of benzene rings is 2. The van der Waals surface area contributed by atoms with E-state index >= 15 is 0 Å². The summed E-state index contributed by atoms with van der Waals surface area (Å²) in [5.41, 5.74) is 7.19. The molecule has 1 aliphatic heterocycles. The molecule has 0 aliphatic carbocycles. The van der Waals surface area contributed by atoms with Gasteiger partial charge in [-0.2, -0.15) is 0 Å². The van der Waals surface area contributed by atoms with Gasteiger partial charge in [0.1, 0.15) is 5.54 Å². The third-order valence-corrected chi connectivity index (χ3v) is 5.18. The van der Waals surface area contributed by atoms with Crippen molar-refractivity contribution in [2.24, 2.45) is 5.73 Å². The Balaban J connectivity index is 1.46. The first-order chi connectivity index (χ1) is 13.5. The molecule has 1 heterocycles. The predicted molar refractivity (Wildman–Crippen MR) is 109 cm³/mol. The summed E-state index contributed by atoms with van der Waals surface area (Å²) >= 11 is 0. The SMILES string of the molecule is CC(N)(C(=O)N1CCN(CC(=O)NCc2ccccc2)CC1)c1ccccc1. The van der Waals surface area contributed by atoms with Crippen molar-refractivity contribution in [1.82, 2.24) is 15.1 Å². The maximum absolute atomic E-state index is 12.9. The highest BCUT2D eigenvalue weighted by molar-refractivity contribution is 5.87. The minimum Gasteiger partial charge on any atom is -0.351 e. The van der Waals surface area contributed by atoms with Crippen molar-refractivity contribution in [2.75, 3.05) is 32.7 Å². The van der Waals surface area contributed by atoms with Crippen LogP contribution >= 0.6 is 0 Å². The van der Waals surface area contributed by atoms with Crippen LogP contribution in [0.25, 0.3) is 0 Å². The fourth-order valence-corrected chi connectivity index (χ4v) is 3.40.